The summed E-state index contributed by atoms with van der Waals surface area (Å²) in [7, 11) is -24.3. The molecule has 0 amide bonds. The van der Waals surface area contributed by atoms with E-state index >= 15 is 0 Å². The third kappa shape index (κ3) is 20.4. The lowest BCUT2D eigenvalue weighted by Gasteiger charge is -2.33. The van der Waals surface area contributed by atoms with Crippen LogP contribution in [0.1, 0.15) is 61.1 Å². The molecule has 2 N–H and O–H groups in total. The average Bonchev–Trinajstić information content (AvgIpc) is 0.734. The zero-order chi connectivity index (χ0) is 81.5. The predicted octanol–water partition coefficient (Wildman–Crippen LogP) is 29.3. The van der Waals surface area contributed by atoms with Crippen LogP contribution < -0.4 is 54.3 Å². The molecule has 26 heteroatoms. The van der Waals surface area contributed by atoms with Crippen LogP contribution in [0.25, 0.3) is 0 Å². The van der Waals surface area contributed by atoms with E-state index in [1.54, 1.807) is 121 Å². The fourth-order valence-electron chi connectivity index (χ4n) is 12.3. The molecule has 0 aliphatic carbocycles. The summed E-state index contributed by atoms with van der Waals surface area (Å²) >= 11 is 0. The molecule has 3 unspecified atom stereocenters. The Balaban J connectivity index is 0.000000193. The van der Waals surface area contributed by atoms with Gasteiger partial charge in [-0.25, -0.2) is 0 Å². The highest BCUT2D eigenvalue weighted by molar-refractivity contribution is 7.79. The lowest BCUT2D eigenvalue weighted by Crippen LogP contribution is -2.18. The third-order valence-corrected chi connectivity index (χ3v) is 34.5. The largest absolute Gasteiger partial charge is 0.508 e. The molecular weight excluding hydrogens is 1600 g/mol. The molecule has 0 fully saturated rings. The first kappa shape index (κ1) is 80.8. The van der Waals surface area contributed by atoms with Crippen molar-refractivity contribution in [3.8, 4) is 80.5 Å². The standard InChI is InChI=1S/C56H54N3O6P3.C36H30N3O8P3/c1-43-27-31-45(32-28-43)55(3,4)47-35-39-53(40-36-47)64-67(62-51-23-15-9-16-24-51)57-66(60-49-19-11-7-12-20-49,61-50-21-13-8-14-22-50)58-68(59-67,63-52-25-17-10-18-26-52)65-54-41-37-48(38-42-54)56(5,6)46-33-29-44(2)30-34-46;40-29-26-30(41)28-36(27-29)47-50(46-35-24-14-5-15-25-35)38-48(42-31-16-6-1-7-17-31,43-32-18-8-2-9-19-32)37-49(39-50,44-33-20-10-3-11-21-33)45-34-22-12-4-13-23-34/h7-42H,1-6H3;1-28,40-41H. The van der Waals surface area contributed by atoms with Gasteiger partial charge in [0, 0.05) is 29.0 Å². The quantitative estimate of drug-likeness (QED) is 0.0435. The Kier molecular flexibility index (Phi) is 24.4. The normalized spacial score (nSPS) is 17.3. The molecule has 16 rings (SSSR count). The minimum atomic E-state index is -4.13. The summed E-state index contributed by atoms with van der Waals surface area (Å²) in [5, 5.41) is 20.9. The van der Waals surface area contributed by atoms with Crippen molar-refractivity contribution in [3.05, 3.63) is 422 Å². The number of para-hydroxylation sites is 9. The minimum absolute atomic E-state index is 0.00351. The summed E-state index contributed by atoms with van der Waals surface area (Å²) in [6.45, 7) is 13.0. The van der Waals surface area contributed by atoms with Gasteiger partial charge in [-0.05, 0) is 170 Å². The number of benzene rings is 14. The van der Waals surface area contributed by atoms with Crippen molar-refractivity contribution in [1.29, 1.82) is 0 Å². The van der Waals surface area contributed by atoms with Crippen molar-refractivity contribution in [2.24, 2.45) is 27.1 Å². The number of hydrogen-bond acceptors (Lipinski definition) is 20. The van der Waals surface area contributed by atoms with E-state index in [2.05, 4.69) is 114 Å². The molecular formula is C92H84N6O14P6. The van der Waals surface area contributed by atoms with Crippen molar-refractivity contribution in [2.75, 3.05) is 0 Å². The molecule has 2 aliphatic heterocycles. The number of rotatable bonds is 28. The van der Waals surface area contributed by atoms with Crippen molar-refractivity contribution in [3.63, 3.8) is 0 Å². The molecule has 20 nitrogen and oxygen atoms in total. The molecule has 0 radical (unpaired) electrons. The predicted molar refractivity (Wildman–Crippen MR) is 471 cm³/mol. The van der Waals surface area contributed by atoms with Gasteiger partial charge in [0.05, 0.1) is 0 Å². The Morgan fingerprint density at radius 3 is 0.500 bits per heavy atom. The van der Waals surface area contributed by atoms with E-state index in [4.69, 9.17) is 81.4 Å². The van der Waals surface area contributed by atoms with E-state index in [0.29, 0.717) is 63.2 Å². The number of phenolic OH excluding ortho intramolecular Hbond substituents is 2. The number of aromatic hydroxyl groups is 2. The maximum atomic E-state index is 10.4. The highest BCUT2D eigenvalue weighted by Gasteiger charge is 2.51. The number of aryl methyl sites for hydroxylation is 2. The highest BCUT2D eigenvalue weighted by Crippen LogP contribution is 2.81. The second kappa shape index (κ2) is 35.6. The summed E-state index contributed by atoms with van der Waals surface area (Å²) in [6.07, 6.45) is 0. The monoisotopic (exact) mass is 1680 g/mol. The molecule has 118 heavy (non-hydrogen) atoms. The van der Waals surface area contributed by atoms with Gasteiger partial charge in [-0.1, -0.05) is 303 Å². The summed E-state index contributed by atoms with van der Waals surface area (Å²) < 4.78 is 114. The van der Waals surface area contributed by atoms with Crippen molar-refractivity contribution < 1.29 is 64.5 Å². The fraction of sp³-hybridized carbons (Fsp3) is 0.0870. The van der Waals surface area contributed by atoms with Crippen LogP contribution in [0, 0.1) is 13.8 Å². The van der Waals surface area contributed by atoms with Crippen molar-refractivity contribution in [2.45, 2.75) is 52.4 Å². The van der Waals surface area contributed by atoms with Crippen molar-refractivity contribution in [1.82, 2.24) is 0 Å². The summed E-state index contributed by atoms with van der Waals surface area (Å²) in [4.78, 5) is 0. The first-order valence-electron chi connectivity index (χ1n) is 37.7. The number of nitrogens with zero attached hydrogens (tertiary/aromatic N) is 6. The Hall–Kier alpha value is -12.3. The van der Waals surface area contributed by atoms with Gasteiger partial charge in [0.2, 0.25) is 0 Å². The smallest absolute Gasteiger partial charge is 0.460 e. The van der Waals surface area contributed by atoms with Gasteiger partial charge in [0.25, 0.3) is 0 Å². The van der Waals surface area contributed by atoms with Crippen molar-refractivity contribution >= 4 is 46.0 Å². The van der Waals surface area contributed by atoms with Gasteiger partial charge in [0.1, 0.15) is 80.5 Å². The molecule has 14 aromatic carbocycles. The molecule has 0 aromatic heterocycles. The van der Waals surface area contributed by atoms with Crippen LogP contribution >= 0.6 is 46.0 Å². The molecule has 0 saturated heterocycles. The van der Waals surface area contributed by atoms with E-state index in [9.17, 15) is 10.2 Å². The van der Waals surface area contributed by atoms with E-state index < -0.39 is 46.0 Å². The summed E-state index contributed by atoms with van der Waals surface area (Å²) in [5.41, 5.74) is 6.35. The molecule has 3 atom stereocenters. The van der Waals surface area contributed by atoms with Gasteiger partial charge < -0.3 is 64.5 Å². The van der Waals surface area contributed by atoms with E-state index in [1.165, 1.54) is 40.5 Å². The van der Waals surface area contributed by atoms with Gasteiger partial charge in [-0.3, -0.25) is 0 Å². The Bertz CT molecular complexity index is 5710. The first-order valence-corrected chi connectivity index (χ1v) is 46.9. The number of hydrogen-bond donors (Lipinski definition) is 2. The Morgan fingerprint density at radius 2 is 0.331 bits per heavy atom. The van der Waals surface area contributed by atoms with Gasteiger partial charge in [-0.2, -0.15) is 0 Å². The third-order valence-electron chi connectivity index (χ3n) is 18.3. The van der Waals surface area contributed by atoms with Crippen LogP contribution in [-0.2, 0) is 10.8 Å². The SMILES string of the molecule is Cc1ccc(C(C)(C)c2ccc(OP3(Oc4ccccc4)=NP(Oc4ccccc4)(Oc4ccccc4)=NP(Oc4ccccc4)(Oc4ccc(C(C)(C)c5ccc(C)cc5)cc4)=N3)cc2)cc1.Oc1cc(O)cc(OP2(Oc3ccccc3)=NP(Oc3ccccc3)(Oc3ccccc3)=NP(Oc3ccccc3)(Oc3ccccc3)=N2)c1. The maximum Gasteiger partial charge on any atom is 0.460 e. The molecule has 14 aromatic rings. The molecule has 2 aliphatic rings. The Morgan fingerprint density at radius 1 is 0.186 bits per heavy atom. The van der Waals surface area contributed by atoms with E-state index in [1.807, 2.05) is 176 Å². The average molecular weight is 1680 g/mol. The minimum Gasteiger partial charge on any atom is -0.508 e. The zero-order valence-electron chi connectivity index (χ0n) is 65.1. The lowest BCUT2D eigenvalue weighted by molar-refractivity contribution is 0.431. The molecule has 2 heterocycles. The molecule has 596 valence electrons. The van der Waals surface area contributed by atoms with Gasteiger partial charge in [0.15, 0.2) is 0 Å². The van der Waals surface area contributed by atoms with Gasteiger partial charge >= 0.3 is 46.0 Å². The van der Waals surface area contributed by atoms with E-state index in [-0.39, 0.29) is 28.1 Å². The molecule has 0 spiro atoms. The van der Waals surface area contributed by atoms with Crippen LogP contribution in [-0.4, -0.2) is 10.2 Å². The summed E-state index contributed by atoms with van der Waals surface area (Å²) in [6, 6.07) is 119. The van der Waals surface area contributed by atoms with Crippen LogP contribution in [0.5, 0.6) is 80.5 Å². The second-order valence-electron chi connectivity index (χ2n) is 28.1. The summed E-state index contributed by atoms with van der Waals surface area (Å²) in [5.74, 6) is 4.06. The molecule has 0 saturated carbocycles. The lowest BCUT2D eigenvalue weighted by atomic mass is 9.78. The van der Waals surface area contributed by atoms with Crippen LogP contribution in [0.3, 0.4) is 0 Å². The highest BCUT2D eigenvalue weighted by atomic mass is 31.3. The Labute approximate surface area is 687 Å². The first-order chi connectivity index (χ1) is 57.2. The second-order valence-corrected chi connectivity index (χ2v) is 40.5. The van der Waals surface area contributed by atoms with E-state index in [0.717, 1.165) is 11.1 Å². The fourth-order valence-corrected chi connectivity index (χ4v) is 30.4. The number of phenols is 2. The zero-order valence-corrected chi connectivity index (χ0v) is 70.5. The topological polar surface area (TPSA) is 225 Å². The van der Waals surface area contributed by atoms with Gasteiger partial charge in [-0.15, -0.1) is 0 Å². The van der Waals surface area contributed by atoms with Crippen LogP contribution in [0.2, 0.25) is 0 Å². The van der Waals surface area contributed by atoms with Crippen LogP contribution in [0.15, 0.2) is 415 Å². The molecule has 0 bridgehead atoms. The maximum absolute atomic E-state index is 10.4. The van der Waals surface area contributed by atoms with Crippen LogP contribution in [0.4, 0.5) is 0 Å².